The predicted octanol–water partition coefficient (Wildman–Crippen LogP) is 0.124. The van der Waals surface area contributed by atoms with E-state index in [1.165, 1.54) is 18.3 Å². The van der Waals surface area contributed by atoms with Gasteiger partial charge in [0, 0.05) is 0 Å². The molecule has 1 aromatic heterocycles. The summed E-state index contributed by atoms with van der Waals surface area (Å²) in [7, 11) is -4.10. The number of nitro groups is 1. The zero-order valence-corrected chi connectivity index (χ0v) is 14.9. The van der Waals surface area contributed by atoms with Crippen LogP contribution in [0.25, 0.3) is 0 Å². The Kier molecular flexibility index (Phi) is 5.26. The Balaban J connectivity index is 1.72. The molecule has 2 heterocycles. The van der Waals surface area contributed by atoms with Gasteiger partial charge in [-0.15, -0.1) is 0 Å². The molecule has 1 aliphatic rings. The number of imidazole rings is 1. The second-order valence-corrected chi connectivity index (χ2v) is 7.60. The number of hydrogen-bond donors (Lipinski definition) is 2. The van der Waals surface area contributed by atoms with Crippen LogP contribution in [-0.2, 0) is 19.0 Å². The zero-order valence-electron chi connectivity index (χ0n) is 14.1. The summed E-state index contributed by atoms with van der Waals surface area (Å²) < 4.78 is 35.7. The van der Waals surface area contributed by atoms with Crippen molar-refractivity contribution >= 4 is 16.1 Å². The number of benzene rings is 1. The van der Waals surface area contributed by atoms with Crippen molar-refractivity contribution in [1.29, 1.82) is 0 Å². The molecule has 12 heteroatoms. The van der Waals surface area contributed by atoms with Gasteiger partial charge in [-0.1, -0.05) is 22.7 Å². The van der Waals surface area contributed by atoms with Crippen LogP contribution in [0, 0.1) is 17.0 Å². The van der Waals surface area contributed by atoms with E-state index in [1.54, 1.807) is 19.1 Å². The van der Waals surface area contributed by atoms with E-state index in [4.69, 9.17) is 8.92 Å². The maximum absolute atomic E-state index is 12.2. The molecule has 1 saturated heterocycles. The standard InChI is InChI=1S/C15H17N3O8S/c1-9-2-4-10(5-3-9)27(23,24)25-8-11-12(19)13(20)14(26-11)17-7-6-16-15(17)18(21)22/h2-7,11-14,19-20H,8H2,1H3. The number of ether oxygens (including phenoxy) is 1. The van der Waals surface area contributed by atoms with E-state index in [0.717, 1.165) is 16.3 Å². The number of aryl methyl sites for hydroxylation is 1. The average molecular weight is 399 g/mol. The van der Waals surface area contributed by atoms with Gasteiger partial charge in [0.25, 0.3) is 10.1 Å². The lowest BCUT2D eigenvalue weighted by atomic mass is 10.1. The maximum atomic E-state index is 12.2. The van der Waals surface area contributed by atoms with Gasteiger partial charge in [-0.2, -0.15) is 13.0 Å². The molecule has 0 amide bonds. The van der Waals surface area contributed by atoms with Crippen LogP contribution in [0.3, 0.4) is 0 Å². The molecule has 4 unspecified atom stereocenters. The second kappa shape index (κ2) is 7.32. The van der Waals surface area contributed by atoms with E-state index in [-0.39, 0.29) is 4.90 Å². The Hall–Kier alpha value is -2.38. The predicted molar refractivity (Wildman–Crippen MR) is 89.1 cm³/mol. The minimum atomic E-state index is -4.10. The zero-order chi connectivity index (χ0) is 19.8. The summed E-state index contributed by atoms with van der Waals surface area (Å²) in [5.74, 6) is -0.583. The third-order valence-corrected chi connectivity index (χ3v) is 5.42. The molecule has 1 fully saturated rings. The first-order valence-corrected chi connectivity index (χ1v) is 9.26. The highest BCUT2D eigenvalue weighted by atomic mass is 32.2. The fourth-order valence-corrected chi connectivity index (χ4v) is 3.59. The average Bonchev–Trinajstić information content (AvgIpc) is 3.20. The molecule has 0 bridgehead atoms. The first-order valence-electron chi connectivity index (χ1n) is 7.85. The van der Waals surface area contributed by atoms with E-state index in [9.17, 15) is 28.7 Å². The number of rotatable bonds is 6. The van der Waals surface area contributed by atoms with Crippen LogP contribution in [0.5, 0.6) is 0 Å². The summed E-state index contributed by atoms with van der Waals surface area (Å²) >= 11 is 0. The Bertz CT molecular complexity index is 927. The van der Waals surface area contributed by atoms with Crippen molar-refractivity contribution in [2.45, 2.75) is 36.4 Å². The minimum Gasteiger partial charge on any atom is -0.390 e. The third kappa shape index (κ3) is 3.84. The molecule has 1 aliphatic heterocycles. The van der Waals surface area contributed by atoms with Crippen LogP contribution in [0.15, 0.2) is 41.6 Å². The van der Waals surface area contributed by atoms with Crippen LogP contribution in [0.2, 0.25) is 0 Å². The van der Waals surface area contributed by atoms with Crippen molar-refractivity contribution in [2.75, 3.05) is 6.61 Å². The normalized spacial score (nSPS) is 25.6. The van der Waals surface area contributed by atoms with Gasteiger partial charge >= 0.3 is 5.95 Å². The van der Waals surface area contributed by atoms with Gasteiger partial charge in [-0.25, -0.2) is 0 Å². The fraction of sp³-hybridized carbons (Fsp3) is 0.400. The minimum absolute atomic E-state index is 0.0667. The van der Waals surface area contributed by atoms with Crippen molar-refractivity contribution in [3.8, 4) is 0 Å². The highest BCUT2D eigenvalue weighted by Gasteiger charge is 2.47. The van der Waals surface area contributed by atoms with Gasteiger partial charge < -0.3 is 25.1 Å². The van der Waals surface area contributed by atoms with Crippen molar-refractivity contribution in [2.24, 2.45) is 0 Å². The Morgan fingerprint density at radius 2 is 1.96 bits per heavy atom. The summed E-state index contributed by atoms with van der Waals surface area (Å²) in [5.41, 5.74) is 0.872. The molecule has 0 spiro atoms. The van der Waals surface area contributed by atoms with Crippen LogP contribution in [0.1, 0.15) is 11.8 Å². The number of hydrogen-bond acceptors (Lipinski definition) is 9. The molecule has 2 aromatic rings. The van der Waals surface area contributed by atoms with Gasteiger partial charge in [0.05, 0.1) is 11.5 Å². The second-order valence-electron chi connectivity index (χ2n) is 5.99. The maximum Gasteiger partial charge on any atom is 0.436 e. The van der Waals surface area contributed by atoms with Crippen molar-refractivity contribution in [3.63, 3.8) is 0 Å². The Morgan fingerprint density at radius 1 is 1.30 bits per heavy atom. The Labute approximate surface area is 154 Å². The lowest BCUT2D eigenvalue weighted by Crippen LogP contribution is -2.34. The molecular weight excluding hydrogens is 382 g/mol. The highest BCUT2D eigenvalue weighted by Crippen LogP contribution is 2.32. The van der Waals surface area contributed by atoms with Crippen molar-refractivity contribution in [3.05, 3.63) is 52.3 Å². The molecule has 0 saturated carbocycles. The Morgan fingerprint density at radius 3 is 2.59 bits per heavy atom. The summed E-state index contributed by atoms with van der Waals surface area (Å²) in [6, 6.07) is 5.97. The summed E-state index contributed by atoms with van der Waals surface area (Å²) in [4.78, 5) is 13.7. The molecule has 27 heavy (non-hydrogen) atoms. The van der Waals surface area contributed by atoms with Crippen LogP contribution >= 0.6 is 0 Å². The fourth-order valence-electron chi connectivity index (χ4n) is 2.67. The number of nitrogens with zero attached hydrogens (tertiary/aromatic N) is 3. The molecule has 0 radical (unpaired) electrons. The lowest BCUT2D eigenvalue weighted by Gasteiger charge is -2.14. The largest absolute Gasteiger partial charge is 0.436 e. The van der Waals surface area contributed by atoms with Crippen LogP contribution in [-0.4, -0.2) is 58.0 Å². The van der Waals surface area contributed by atoms with Crippen LogP contribution in [0.4, 0.5) is 5.95 Å². The van der Waals surface area contributed by atoms with Gasteiger partial charge in [-0.05, 0) is 24.0 Å². The molecule has 146 valence electrons. The van der Waals surface area contributed by atoms with E-state index in [2.05, 4.69) is 4.98 Å². The lowest BCUT2D eigenvalue weighted by molar-refractivity contribution is -0.398. The SMILES string of the molecule is Cc1ccc(S(=O)(=O)OCC2OC(n3ccnc3[N+](=O)[O-])C(O)C2O)cc1. The van der Waals surface area contributed by atoms with E-state index in [1.807, 2.05) is 0 Å². The van der Waals surface area contributed by atoms with Gasteiger partial charge in [0.1, 0.15) is 30.7 Å². The number of aliphatic hydroxyl groups is 2. The quantitative estimate of drug-likeness (QED) is 0.392. The molecule has 2 N–H and O–H groups in total. The molecule has 0 aliphatic carbocycles. The van der Waals surface area contributed by atoms with Gasteiger partial charge in [0.15, 0.2) is 0 Å². The molecule has 4 atom stereocenters. The van der Waals surface area contributed by atoms with E-state index in [0.29, 0.717) is 0 Å². The summed E-state index contributed by atoms with van der Waals surface area (Å²) in [6.45, 7) is 1.23. The molecule has 1 aromatic carbocycles. The van der Waals surface area contributed by atoms with Crippen molar-refractivity contribution < 1.29 is 32.5 Å². The van der Waals surface area contributed by atoms with Gasteiger partial charge in [-0.3, -0.25) is 4.18 Å². The van der Waals surface area contributed by atoms with E-state index >= 15 is 0 Å². The van der Waals surface area contributed by atoms with E-state index < -0.39 is 52.1 Å². The highest BCUT2D eigenvalue weighted by molar-refractivity contribution is 7.86. The number of aliphatic hydroxyl groups excluding tert-OH is 2. The molecule has 11 nitrogen and oxygen atoms in total. The molecule has 3 rings (SSSR count). The van der Waals surface area contributed by atoms with Gasteiger partial charge in [0.2, 0.25) is 6.23 Å². The first-order chi connectivity index (χ1) is 12.7. The first kappa shape index (κ1) is 19.4. The number of aromatic nitrogens is 2. The smallest absolute Gasteiger partial charge is 0.390 e. The third-order valence-electron chi connectivity index (χ3n) is 4.12. The summed E-state index contributed by atoms with van der Waals surface area (Å²) in [6.07, 6.45) is -3.21. The topological polar surface area (TPSA) is 154 Å². The molecular formula is C15H17N3O8S. The summed E-state index contributed by atoms with van der Waals surface area (Å²) in [5, 5.41) is 31.2. The monoisotopic (exact) mass is 399 g/mol. The van der Waals surface area contributed by atoms with Crippen LogP contribution < -0.4 is 0 Å². The van der Waals surface area contributed by atoms with Crippen molar-refractivity contribution in [1.82, 2.24) is 9.55 Å².